The average molecular weight is 324 g/mol. The summed E-state index contributed by atoms with van der Waals surface area (Å²) in [6, 6.07) is 12.2. The molecule has 4 heteroatoms. The molecule has 1 aromatic heterocycles. The van der Waals surface area contributed by atoms with Crippen LogP contribution in [-0.2, 0) is 9.53 Å². The number of carbonyl (C=O) groups excluding carboxylic acids is 1. The minimum Gasteiger partial charge on any atom is -0.378 e. The highest BCUT2D eigenvalue weighted by atomic mass is 16.5. The first kappa shape index (κ1) is 16.7. The van der Waals surface area contributed by atoms with Gasteiger partial charge in [-0.15, -0.1) is 0 Å². The molecule has 1 unspecified atom stereocenters. The summed E-state index contributed by atoms with van der Waals surface area (Å²) >= 11 is 0. The normalized spacial score (nSPS) is 16.9. The highest BCUT2D eigenvalue weighted by Crippen LogP contribution is 2.38. The van der Waals surface area contributed by atoms with Gasteiger partial charge in [-0.3, -0.25) is 9.78 Å². The van der Waals surface area contributed by atoms with Gasteiger partial charge in [0, 0.05) is 19.5 Å². The van der Waals surface area contributed by atoms with Gasteiger partial charge in [0.25, 0.3) is 0 Å². The van der Waals surface area contributed by atoms with Crippen LogP contribution in [0.1, 0.15) is 44.2 Å². The molecule has 4 nitrogen and oxygen atoms in total. The molecule has 24 heavy (non-hydrogen) atoms. The van der Waals surface area contributed by atoms with Crippen molar-refractivity contribution in [3.05, 3.63) is 54.4 Å². The number of ether oxygens (including phenoxy) is 1. The van der Waals surface area contributed by atoms with E-state index in [0.717, 1.165) is 36.0 Å². The molecule has 1 aliphatic rings. The number of carbonyl (C=O) groups is 1. The number of benzene rings is 1. The Morgan fingerprint density at radius 1 is 1.25 bits per heavy atom. The molecule has 0 saturated heterocycles. The van der Waals surface area contributed by atoms with Gasteiger partial charge in [-0.1, -0.05) is 30.3 Å². The van der Waals surface area contributed by atoms with Gasteiger partial charge >= 0.3 is 0 Å². The Labute approximate surface area is 143 Å². The first-order valence-corrected chi connectivity index (χ1v) is 8.47. The molecule has 1 aromatic carbocycles. The number of amides is 1. The van der Waals surface area contributed by atoms with E-state index in [-0.39, 0.29) is 17.6 Å². The second kappa shape index (κ2) is 7.14. The number of aromatic nitrogens is 1. The van der Waals surface area contributed by atoms with E-state index in [9.17, 15) is 4.79 Å². The van der Waals surface area contributed by atoms with Crippen molar-refractivity contribution in [1.29, 1.82) is 0 Å². The van der Waals surface area contributed by atoms with Crippen LogP contribution in [0, 0.1) is 0 Å². The largest absolute Gasteiger partial charge is 0.378 e. The molecule has 1 heterocycles. The van der Waals surface area contributed by atoms with Gasteiger partial charge in [0.15, 0.2) is 0 Å². The molecular weight excluding hydrogens is 300 g/mol. The molecule has 1 N–H and O–H groups in total. The second-order valence-corrected chi connectivity index (χ2v) is 6.57. The van der Waals surface area contributed by atoms with Crippen LogP contribution in [0.5, 0.6) is 0 Å². The van der Waals surface area contributed by atoms with Crippen molar-refractivity contribution < 1.29 is 9.53 Å². The van der Waals surface area contributed by atoms with E-state index in [1.807, 2.05) is 25.3 Å². The molecule has 2 aromatic rings. The first-order chi connectivity index (χ1) is 11.6. The van der Waals surface area contributed by atoms with Gasteiger partial charge in [0.05, 0.1) is 18.1 Å². The van der Waals surface area contributed by atoms with Crippen LogP contribution < -0.4 is 5.32 Å². The summed E-state index contributed by atoms with van der Waals surface area (Å²) in [7, 11) is 1.70. The summed E-state index contributed by atoms with van der Waals surface area (Å²) < 4.78 is 5.53. The third kappa shape index (κ3) is 3.65. The van der Waals surface area contributed by atoms with Gasteiger partial charge in [0.2, 0.25) is 5.91 Å². The lowest BCUT2D eigenvalue weighted by atomic mass is 9.77. The van der Waals surface area contributed by atoms with Crippen LogP contribution in [0.2, 0.25) is 0 Å². The molecule has 0 aliphatic heterocycles. The van der Waals surface area contributed by atoms with E-state index in [4.69, 9.17) is 4.74 Å². The lowest BCUT2D eigenvalue weighted by molar-refractivity contribution is -0.134. The van der Waals surface area contributed by atoms with Crippen LogP contribution in [0.15, 0.2) is 48.8 Å². The summed E-state index contributed by atoms with van der Waals surface area (Å²) in [5, 5.41) is 3.08. The van der Waals surface area contributed by atoms with Crippen molar-refractivity contribution in [3.63, 3.8) is 0 Å². The van der Waals surface area contributed by atoms with Crippen LogP contribution in [0.4, 0.5) is 0 Å². The van der Waals surface area contributed by atoms with Gasteiger partial charge in [-0.05, 0) is 48.9 Å². The van der Waals surface area contributed by atoms with E-state index in [1.54, 1.807) is 13.3 Å². The van der Waals surface area contributed by atoms with Crippen molar-refractivity contribution in [2.45, 2.75) is 44.2 Å². The van der Waals surface area contributed by atoms with E-state index >= 15 is 0 Å². The summed E-state index contributed by atoms with van der Waals surface area (Å²) in [6.07, 6.45) is 7.16. The van der Waals surface area contributed by atoms with Crippen LogP contribution in [0.25, 0.3) is 11.1 Å². The Kier molecular flexibility index (Phi) is 4.95. The van der Waals surface area contributed by atoms with Crippen LogP contribution >= 0.6 is 0 Å². The Balaban J connectivity index is 1.61. The van der Waals surface area contributed by atoms with Crippen molar-refractivity contribution in [2.75, 3.05) is 7.11 Å². The number of hydrogen-bond acceptors (Lipinski definition) is 3. The standard InChI is InChI=1S/C20H24N2O2/c1-15(22-19(23)13-20(24-2)10-4-11-20)16-6-8-17(9-7-16)18-5-3-12-21-14-18/h3,5-9,12,14-15H,4,10-11,13H2,1-2H3,(H,22,23). The topological polar surface area (TPSA) is 51.2 Å². The van der Waals surface area contributed by atoms with Gasteiger partial charge in [-0.25, -0.2) is 0 Å². The molecule has 126 valence electrons. The molecule has 0 spiro atoms. The molecule has 0 bridgehead atoms. The third-order valence-corrected chi connectivity index (χ3v) is 4.96. The zero-order valence-electron chi connectivity index (χ0n) is 14.3. The summed E-state index contributed by atoms with van der Waals surface area (Å²) in [5.74, 6) is 0.0559. The van der Waals surface area contributed by atoms with Crippen LogP contribution in [-0.4, -0.2) is 23.6 Å². The van der Waals surface area contributed by atoms with Crippen molar-refractivity contribution in [2.24, 2.45) is 0 Å². The Hall–Kier alpha value is -2.20. The lowest BCUT2D eigenvalue weighted by Gasteiger charge is -2.40. The fourth-order valence-electron chi connectivity index (χ4n) is 3.19. The maximum Gasteiger partial charge on any atom is 0.223 e. The summed E-state index contributed by atoms with van der Waals surface area (Å²) in [6.45, 7) is 2.01. The highest BCUT2D eigenvalue weighted by molar-refractivity contribution is 5.77. The molecule has 1 fully saturated rings. The SMILES string of the molecule is COC1(CC(=O)NC(C)c2ccc(-c3cccnc3)cc2)CCC1. The van der Waals surface area contributed by atoms with Crippen molar-refractivity contribution >= 4 is 5.91 Å². The van der Waals surface area contributed by atoms with Gasteiger partial charge in [-0.2, -0.15) is 0 Å². The second-order valence-electron chi connectivity index (χ2n) is 6.57. The van der Waals surface area contributed by atoms with Crippen molar-refractivity contribution in [1.82, 2.24) is 10.3 Å². The smallest absolute Gasteiger partial charge is 0.223 e. The Morgan fingerprint density at radius 3 is 2.54 bits per heavy atom. The molecule has 1 saturated carbocycles. The van der Waals surface area contributed by atoms with Crippen molar-refractivity contribution in [3.8, 4) is 11.1 Å². The van der Waals surface area contributed by atoms with E-state index in [2.05, 4.69) is 34.6 Å². The zero-order valence-corrected chi connectivity index (χ0v) is 14.3. The highest BCUT2D eigenvalue weighted by Gasteiger charge is 2.39. The van der Waals surface area contributed by atoms with Gasteiger partial charge < -0.3 is 10.1 Å². The quantitative estimate of drug-likeness (QED) is 0.877. The number of methoxy groups -OCH3 is 1. The van der Waals surface area contributed by atoms with E-state index in [0.29, 0.717) is 6.42 Å². The maximum absolute atomic E-state index is 12.3. The molecule has 1 atom stereocenters. The molecule has 0 radical (unpaired) electrons. The number of nitrogens with one attached hydrogen (secondary N) is 1. The molecule has 3 rings (SSSR count). The van der Waals surface area contributed by atoms with E-state index < -0.39 is 0 Å². The predicted molar refractivity (Wildman–Crippen MR) is 94.4 cm³/mol. The minimum atomic E-state index is -0.228. The fraction of sp³-hybridized carbons (Fsp3) is 0.400. The maximum atomic E-state index is 12.3. The monoisotopic (exact) mass is 324 g/mol. The summed E-state index contributed by atoms with van der Waals surface area (Å²) in [4.78, 5) is 16.4. The minimum absolute atomic E-state index is 0.0190. The number of hydrogen-bond donors (Lipinski definition) is 1. The Bertz CT molecular complexity index is 673. The van der Waals surface area contributed by atoms with E-state index in [1.165, 1.54) is 0 Å². The summed E-state index contributed by atoms with van der Waals surface area (Å²) in [5.41, 5.74) is 3.08. The molecule has 1 aliphatic carbocycles. The first-order valence-electron chi connectivity index (χ1n) is 8.47. The average Bonchev–Trinajstić information content (AvgIpc) is 2.59. The number of rotatable bonds is 6. The van der Waals surface area contributed by atoms with Gasteiger partial charge in [0.1, 0.15) is 0 Å². The predicted octanol–water partition coefficient (Wildman–Crippen LogP) is 3.89. The lowest BCUT2D eigenvalue weighted by Crippen LogP contribution is -2.44. The fourth-order valence-corrected chi connectivity index (χ4v) is 3.19. The third-order valence-electron chi connectivity index (χ3n) is 4.96. The molecular formula is C20H24N2O2. The number of pyridine rings is 1. The number of nitrogens with zero attached hydrogens (tertiary/aromatic N) is 1. The molecule has 1 amide bonds. The van der Waals surface area contributed by atoms with Crippen LogP contribution in [0.3, 0.4) is 0 Å². The zero-order chi connectivity index (χ0) is 17.0. The Morgan fingerprint density at radius 2 is 2.00 bits per heavy atom.